The van der Waals surface area contributed by atoms with Crippen molar-refractivity contribution in [2.45, 2.75) is 71.1 Å². The number of unbranched alkanes of at least 4 members (excludes halogenated alkanes) is 9. The molecule has 1 rings (SSSR count). The SMILES string of the molecule is CCCCCCCCCCCCN1C=CC=CC1.I. The first-order valence-electron chi connectivity index (χ1n) is 8.01. The Balaban J connectivity index is 0.00000324. The molecule has 0 fully saturated rings. The summed E-state index contributed by atoms with van der Waals surface area (Å²) in [6.07, 6.45) is 23.0. The number of hydrogen-bond acceptors (Lipinski definition) is 1. The molecule has 112 valence electrons. The zero-order valence-corrected chi connectivity index (χ0v) is 15.0. The number of halogens is 1. The van der Waals surface area contributed by atoms with Gasteiger partial charge in [0.2, 0.25) is 0 Å². The lowest BCUT2D eigenvalue weighted by atomic mass is 10.1. The summed E-state index contributed by atoms with van der Waals surface area (Å²) >= 11 is 0. The molecule has 1 aliphatic heterocycles. The lowest BCUT2D eigenvalue weighted by Crippen LogP contribution is -2.19. The van der Waals surface area contributed by atoms with Crippen LogP contribution in [-0.4, -0.2) is 18.0 Å². The van der Waals surface area contributed by atoms with Crippen molar-refractivity contribution in [3.63, 3.8) is 0 Å². The zero-order valence-electron chi connectivity index (χ0n) is 12.7. The van der Waals surface area contributed by atoms with Gasteiger partial charge in [-0.3, -0.25) is 0 Å². The summed E-state index contributed by atoms with van der Waals surface area (Å²) in [4.78, 5) is 2.41. The van der Waals surface area contributed by atoms with Gasteiger partial charge in [0, 0.05) is 13.1 Å². The highest BCUT2D eigenvalue weighted by atomic mass is 127. The van der Waals surface area contributed by atoms with E-state index >= 15 is 0 Å². The Morgan fingerprint density at radius 1 is 0.789 bits per heavy atom. The van der Waals surface area contributed by atoms with Crippen LogP contribution in [0.3, 0.4) is 0 Å². The minimum absolute atomic E-state index is 0. The van der Waals surface area contributed by atoms with Crippen LogP contribution < -0.4 is 0 Å². The van der Waals surface area contributed by atoms with E-state index in [1.54, 1.807) is 0 Å². The first-order valence-corrected chi connectivity index (χ1v) is 8.01. The van der Waals surface area contributed by atoms with Crippen LogP contribution in [0.4, 0.5) is 0 Å². The molecule has 0 saturated heterocycles. The predicted octanol–water partition coefficient (Wildman–Crippen LogP) is 5.91. The van der Waals surface area contributed by atoms with E-state index in [4.69, 9.17) is 0 Å². The Morgan fingerprint density at radius 2 is 1.37 bits per heavy atom. The van der Waals surface area contributed by atoms with Crippen LogP contribution in [0.25, 0.3) is 0 Å². The molecule has 0 aromatic rings. The highest BCUT2D eigenvalue weighted by Crippen LogP contribution is 2.11. The lowest BCUT2D eigenvalue weighted by molar-refractivity contribution is 0.392. The molecule has 0 aromatic heterocycles. The van der Waals surface area contributed by atoms with E-state index in [1.807, 2.05) is 0 Å². The summed E-state index contributed by atoms with van der Waals surface area (Å²) < 4.78 is 0. The fourth-order valence-corrected chi connectivity index (χ4v) is 2.48. The highest BCUT2D eigenvalue weighted by Gasteiger charge is 1.98. The monoisotopic (exact) mass is 377 g/mol. The molecule has 0 N–H and O–H groups in total. The maximum atomic E-state index is 2.41. The quantitative estimate of drug-likeness (QED) is 0.320. The van der Waals surface area contributed by atoms with Gasteiger partial charge in [0.25, 0.3) is 0 Å². The largest absolute Gasteiger partial charge is 0.374 e. The average molecular weight is 377 g/mol. The van der Waals surface area contributed by atoms with Gasteiger partial charge in [-0.2, -0.15) is 0 Å². The molecule has 0 aromatic carbocycles. The number of rotatable bonds is 11. The Hall–Kier alpha value is 0.01000. The number of hydrogen-bond donors (Lipinski definition) is 0. The third-order valence-electron chi connectivity index (χ3n) is 3.68. The van der Waals surface area contributed by atoms with Crippen molar-refractivity contribution in [1.29, 1.82) is 0 Å². The van der Waals surface area contributed by atoms with E-state index in [2.05, 4.69) is 36.3 Å². The van der Waals surface area contributed by atoms with Crippen molar-refractivity contribution in [2.75, 3.05) is 13.1 Å². The Labute approximate surface area is 137 Å². The third kappa shape index (κ3) is 11.5. The molecular weight excluding hydrogens is 345 g/mol. The fraction of sp³-hybridized carbons (Fsp3) is 0.765. The standard InChI is InChI=1S/C17H31N.HI/c1-2-3-4-5-6-7-8-9-10-12-15-18-16-13-11-14-17-18;/h11,13-14,16H,2-10,12,15,17H2,1H3;1H. The van der Waals surface area contributed by atoms with Gasteiger partial charge in [0.1, 0.15) is 0 Å². The summed E-state index contributed by atoms with van der Waals surface area (Å²) in [5, 5.41) is 0. The van der Waals surface area contributed by atoms with Crippen molar-refractivity contribution in [3.05, 3.63) is 24.4 Å². The first-order chi connectivity index (χ1) is 8.93. The van der Waals surface area contributed by atoms with E-state index in [0.717, 1.165) is 6.54 Å². The van der Waals surface area contributed by atoms with Crippen LogP contribution in [0.5, 0.6) is 0 Å². The van der Waals surface area contributed by atoms with Gasteiger partial charge in [-0.05, 0) is 18.7 Å². The minimum atomic E-state index is 0. The van der Waals surface area contributed by atoms with Crippen LogP contribution in [0.15, 0.2) is 24.4 Å². The molecular formula is C17H32IN. The van der Waals surface area contributed by atoms with Gasteiger partial charge in [0.05, 0.1) is 0 Å². The van der Waals surface area contributed by atoms with Gasteiger partial charge < -0.3 is 4.90 Å². The molecule has 0 radical (unpaired) electrons. The van der Waals surface area contributed by atoms with E-state index in [1.165, 1.54) is 70.8 Å². The zero-order chi connectivity index (χ0) is 12.9. The second kappa shape index (κ2) is 14.4. The van der Waals surface area contributed by atoms with Gasteiger partial charge >= 0.3 is 0 Å². The van der Waals surface area contributed by atoms with E-state index in [9.17, 15) is 0 Å². The fourth-order valence-electron chi connectivity index (χ4n) is 2.48. The van der Waals surface area contributed by atoms with Gasteiger partial charge in [-0.1, -0.05) is 76.9 Å². The molecule has 0 amide bonds. The Kier molecular flexibility index (Phi) is 14.4. The van der Waals surface area contributed by atoms with Crippen molar-refractivity contribution in [3.8, 4) is 0 Å². The van der Waals surface area contributed by atoms with E-state index in [-0.39, 0.29) is 24.0 Å². The molecule has 1 heterocycles. The maximum Gasteiger partial charge on any atom is 0.0357 e. The molecule has 2 heteroatoms. The molecule has 1 aliphatic rings. The van der Waals surface area contributed by atoms with Crippen LogP contribution in [0.2, 0.25) is 0 Å². The van der Waals surface area contributed by atoms with Crippen molar-refractivity contribution in [1.82, 2.24) is 4.90 Å². The van der Waals surface area contributed by atoms with E-state index < -0.39 is 0 Å². The summed E-state index contributed by atoms with van der Waals surface area (Å²) in [5.74, 6) is 0. The molecule has 0 saturated carbocycles. The predicted molar refractivity (Wildman–Crippen MR) is 97.1 cm³/mol. The van der Waals surface area contributed by atoms with Crippen LogP contribution in [0.1, 0.15) is 71.1 Å². The third-order valence-corrected chi connectivity index (χ3v) is 3.68. The smallest absolute Gasteiger partial charge is 0.0357 e. The van der Waals surface area contributed by atoms with Crippen LogP contribution in [0, 0.1) is 0 Å². The summed E-state index contributed by atoms with van der Waals surface area (Å²) in [6, 6.07) is 0. The molecule has 0 atom stereocenters. The molecule has 0 bridgehead atoms. The maximum absolute atomic E-state index is 2.41. The van der Waals surface area contributed by atoms with Gasteiger partial charge in [-0.15, -0.1) is 24.0 Å². The second-order valence-corrected chi connectivity index (χ2v) is 5.45. The molecule has 0 spiro atoms. The first kappa shape index (κ1) is 19.0. The Morgan fingerprint density at radius 3 is 1.89 bits per heavy atom. The summed E-state index contributed by atoms with van der Waals surface area (Å²) in [5.41, 5.74) is 0. The van der Waals surface area contributed by atoms with E-state index in [0.29, 0.717) is 0 Å². The lowest BCUT2D eigenvalue weighted by Gasteiger charge is -2.20. The summed E-state index contributed by atoms with van der Waals surface area (Å²) in [7, 11) is 0. The van der Waals surface area contributed by atoms with Crippen molar-refractivity contribution < 1.29 is 0 Å². The highest BCUT2D eigenvalue weighted by molar-refractivity contribution is 14.0. The molecule has 0 unspecified atom stereocenters. The van der Waals surface area contributed by atoms with Crippen LogP contribution >= 0.6 is 24.0 Å². The van der Waals surface area contributed by atoms with Crippen LogP contribution in [-0.2, 0) is 0 Å². The Bertz CT molecular complexity index is 235. The number of allylic oxidation sites excluding steroid dienone is 2. The topological polar surface area (TPSA) is 3.24 Å². The van der Waals surface area contributed by atoms with Gasteiger partial charge in [-0.25, -0.2) is 0 Å². The summed E-state index contributed by atoms with van der Waals surface area (Å²) in [6.45, 7) is 4.62. The minimum Gasteiger partial charge on any atom is -0.374 e. The van der Waals surface area contributed by atoms with Crippen molar-refractivity contribution in [2.24, 2.45) is 0 Å². The van der Waals surface area contributed by atoms with Crippen molar-refractivity contribution >= 4 is 24.0 Å². The second-order valence-electron chi connectivity index (χ2n) is 5.45. The normalized spacial score (nSPS) is 13.6. The molecule has 0 aliphatic carbocycles. The average Bonchev–Trinajstić information content (AvgIpc) is 2.42. The number of nitrogens with zero attached hydrogens (tertiary/aromatic N) is 1. The molecule has 19 heavy (non-hydrogen) atoms. The molecule has 1 nitrogen and oxygen atoms in total. The van der Waals surface area contributed by atoms with Gasteiger partial charge in [0.15, 0.2) is 0 Å².